The second-order valence-corrected chi connectivity index (χ2v) is 6.16. The summed E-state index contributed by atoms with van der Waals surface area (Å²) < 4.78 is 0. The quantitative estimate of drug-likeness (QED) is 0.681. The van der Waals surface area contributed by atoms with Crippen LogP contribution in [0.4, 0.5) is 11.4 Å². The molecule has 0 bridgehead atoms. The molecule has 0 atom stereocenters. The molecule has 110 valence electrons. The number of H-pyrrole nitrogens is 1. The van der Waals surface area contributed by atoms with Gasteiger partial charge < -0.3 is 10.7 Å². The molecule has 2 aromatic carbocycles. The van der Waals surface area contributed by atoms with Gasteiger partial charge in [0, 0.05) is 35.2 Å². The maximum atomic E-state index is 6.02. The Morgan fingerprint density at radius 1 is 1.18 bits per heavy atom. The van der Waals surface area contributed by atoms with Crippen molar-refractivity contribution >= 4 is 28.0 Å². The van der Waals surface area contributed by atoms with Gasteiger partial charge in [0.1, 0.15) is 0 Å². The SMILES string of the molecule is Cc1ccc2[nH]c(CC3=Nc4c(N)cccc4C3)c(C)c2c1. The van der Waals surface area contributed by atoms with Crippen LogP contribution >= 0.6 is 0 Å². The molecular weight excluding hydrogens is 270 g/mol. The highest BCUT2D eigenvalue weighted by Gasteiger charge is 2.18. The molecule has 0 spiro atoms. The molecule has 3 heteroatoms. The van der Waals surface area contributed by atoms with E-state index in [1.165, 1.54) is 39.0 Å². The molecule has 1 aliphatic rings. The lowest BCUT2D eigenvalue weighted by molar-refractivity contribution is 1.15. The topological polar surface area (TPSA) is 54.2 Å². The van der Waals surface area contributed by atoms with Crippen molar-refractivity contribution in [1.82, 2.24) is 4.98 Å². The van der Waals surface area contributed by atoms with Gasteiger partial charge >= 0.3 is 0 Å². The van der Waals surface area contributed by atoms with Gasteiger partial charge in [-0.15, -0.1) is 0 Å². The van der Waals surface area contributed by atoms with Gasteiger partial charge in [-0.25, -0.2) is 0 Å². The zero-order chi connectivity index (χ0) is 15.3. The Bertz CT molecular complexity index is 916. The minimum absolute atomic E-state index is 0.775. The number of nitrogen functional groups attached to an aromatic ring is 1. The predicted molar refractivity (Wildman–Crippen MR) is 93.1 cm³/mol. The molecular formula is C19H19N3. The standard InChI is InChI=1S/C19H19N3/c1-11-6-7-17-15(8-11)12(2)18(22-17)10-14-9-13-4-3-5-16(20)19(13)21-14/h3-8,22H,9-10,20H2,1-2H3. The number of hydrogen-bond acceptors (Lipinski definition) is 2. The predicted octanol–water partition coefficient (Wildman–Crippen LogP) is 4.24. The molecule has 1 aromatic heterocycles. The number of aliphatic imine (C=N–C) groups is 1. The molecule has 0 aliphatic carbocycles. The van der Waals surface area contributed by atoms with Gasteiger partial charge in [-0.2, -0.15) is 0 Å². The van der Waals surface area contributed by atoms with E-state index in [0.717, 1.165) is 24.2 Å². The highest BCUT2D eigenvalue weighted by Crippen LogP contribution is 2.33. The van der Waals surface area contributed by atoms with Gasteiger partial charge in [0.2, 0.25) is 0 Å². The number of para-hydroxylation sites is 1. The minimum Gasteiger partial charge on any atom is -0.397 e. The second-order valence-electron chi connectivity index (χ2n) is 6.16. The first-order chi connectivity index (χ1) is 10.6. The molecule has 2 heterocycles. The Kier molecular flexibility index (Phi) is 2.83. The highest BCUT2D eigenvalue weighted by molar-refractivity contribution is 5.98. The van der Waals surface area contributed by atoms with E-state index in [0.29, 0.717) is 0 Å². The molecule has 3 N–H and O–H groups in total. The van der Waals surface area contributed by atoms with Crippen LogP contribution in [0.25, 0.3) is 10.9 Å². The smallest absolute Gasteiger partial charge is 0.0894 e. The first kappa shape index (κ1) is 13.1. The summed E-state index contributed by atoms with van der Waals surface area (Å²) in [5.41, 5.74) is 15.2. The van der Waals surface area contributed by atoms with Gasteiger partial charge in [-0.1, -0.05) is 23.8 Å². The maximum absolute atomic E-state index is 6.02. The van der Waals surface area contributed by atoms with Crippen LogP contribution in [0.1, 0.15) is 22.4 Å². The average Bonchev–Trinajstić information content (AvgIpc) is 3.03. The molecule has 3 aromatic rings. The van der Waals surface area contributed by atoms with E-state index < -0.39 is 0 Å². The van der Waals surface area contributed by atoms with Gasteiger partial charge in [0.25, 0.3) is 0 Å². The van der Waals surface area contributed by atoms with Crippen LogP contribution in [0, 0.1) is 13.8 Å². The normalized spacial score (nSPS) is 13.5. The lowest BCUT2D eigenvalue weighted by Crippen LogP contribution is -2.04. The molecule has 22 heavy (non-hydrogen) atoms. The fourth-order valence-electron chi connectivity index (χ4n) is 3.29. The molecule has 0 amide bonds. The van der Waals surface area contributed by atoms with Crippen molar-refractivity contribution in [2.24, 2.45) is 4.99 Å². The lowest BCUT2D eigenvalue weighted by Gasteiger charge is -2.00. The zero-order valence-electron chi connectivity index (χ0n) is 12.9. The van der Waals surface area contributed by atoms with Crippen molar-refractivity contribution in [2.45, 2.75) is 26.7 Å². The van der Waals surface area contributed by atoms with E-state index in [4.69, 9.17) is 10.7 Å². The van der Waals surface area contributed by atoms with Gasteiger partial charge in [0.05, 0.1) is 11.4 Å². The lowest BCUT2D eigenvalue weighted by atomic mass is 10.0. The van der Waals surface area contributed by atoms with Crippen LogP contribution < -0.4 is 5.73 Å². The summed E-state index contributed by atoms with van der Waals surface area (Å²) in [7, 11) is 0. The monoisotopic (exact) mass is 289 g/mol. The Labute approximate surface area is 129 Å². The molecule has 3 nitrogen and oxygen atoms in total. The van der Waals surface area contributed by atoms with Gasteiger partial charge in [-0.05, 0) is 43.2 Å². The van der Waals surface area contributed by atoms with Gasteiger partial charge in [0.15, 0.2) is 0 Å². The van der Waals surface area contributed by atoms with Crippen LogP contribution in [0.5, 0.6) is 0 Å². The van der Waals surface area contributed by atoms with Crippen LogP contribution in [0.3, 0.4) is 0 Å². The van der Waals surface area contributed by atoms with Crippen molar-refractivity contribution in [3.05, 3.63) is 58.8 Å². The number of nitrogens with zero attached hydrogens (tertiary/aromatic N) is 1. The first-order valence-corrected chi connectivity index (χ1v) is 7.63. The molecule has 0 radical (unpaired) electrons. The third-order valence-corrected chi connectivity index (χ3v) is 4.51. The van der Waals surface area contributed by atoms with Crippen LogP contribution in [0.2, 0.25) is 0 Å². The molecule has 0 saturated heterocycles. The van der Waals surface area contributed by atoms with Gasteiger partial charge in [-0.3, -0.25) is 4.99 Å². The number of rotatable bonds is 2. The molecule has 0 fully saturated rings. The van der Waals surface area contributed by atoms with E-state index in [9.17, 15) is 0 Å². The summed E-state index contributed by atoms with van der Waals surface area (Å²) in [6.07, 6.45) is 1.75. The number of aromatic nitrogens is 1. The minimum atomic E-state index is 0.775. The number of nitrogens with one attached hydrogen (secondary N) is 1. The summed E-state index contributed by atoms with van der Waals surface area (Å²) in [6.45, 7) is 4.32. The Morgan fingerprint density at radius 2 is 2.05 bits per heavy atom. The highest BCUT2D eigenvalue weighted by atomic mass is 14.8. The molecule has 0 unspecified atom stereocenters. The summed E-state index contributed by atoms with van der Waals surface area (Å²) in [6, 6.07) is 12.6. The largest absolute Gasteiger partial charge is 0.397 e. The van der Waals surface area contributed by atoms with E-state index in [1.54, 1.807) is 0 Å². The number of hydrogen-bond donors (Lipinski definition) is 2. The summed E-state index contributed by atoms with van der Waals surface area (Å²) in [5, 5.41) is 1.31. The fourth-order valence-corrected chi connectivity index (χ4v) is 3.29. The molecule has 0 saturated carbocycles. The number of benzene rings is 2. The Balaban J connectivity index is 1.70. The Morgan fingerprint density at radius 3 is 2.86 bits per heavy atom. The Hall–Kier alpha value is -2.55. The van der Waals surface area contributed by atoms with Crippen LogP contribution in [-0.4, -0.2) is 10.7 Å². The van der Waals surface area contributed by atoms with Crippen molar-refractivity contribution in [3.63, 3.8) is 0 Å². The van der Waals surface area contributed by atoms with Crippen molar-refractivity contribution in [2.75, 3.05) is 5.73 Å². The first-order valence-electron chi connectivity index (χ1n) is 7.63. The number of nitrogens with two attached hydrogens (primary N) is 1. The van der Waals surface area contributed by atoms with Crippen molar-refractivity contribution in [3.8, 4) is 0 Å². The summed E-state index contributed by atoms with van der Waals surface area (Å²) in [4.78, 5) is 8.29. The second kappa shape index (κ2) is 4.73. The number of aryl methyl sites for hydroxylation is 2. The van der Waals surface area contributed by atoms with E-state index in [1.807, 2.05) is 12.1 Å². The summed E-state index contributed by atoms with van der Waals surface area (Å²) in [5.74, 6) is 0. The van der Waals surface area contributed by atoms with Crippen LogP contribution in [0.15, 0.2) is 41.4 Å². The maximum Gasteiger partial charge on any atom is 0.0894 e. The van der Waals surface area contributed by atoms with E-state index >= 15 is 0 Å². The van der Waals surface area contributed by atoms with Crippen molar-refractivity contribution < 1.29 is 0 Å². The summed E-state index contributed by atoms with van der Waals surface area (Å²) >= 11 is 0. The third-order valence-electron chi connectivity index (χ3n) is 4.51. The van der Waals surface area contributed by atoms with E-state index in [2.05, 4.69) is 43.1 Å². The molecule has 4 rings (SSSR count). The third kappa shape index (κ3) is 2.01. The molecule has 1 aliphatic heterocycles. The van der Waals surface area contributed by atoms with Crippen LogP contribution in [-0.2, 0) is 12.8 Å². The number of fused-ring (bicyclic) bond motifs is 2. The zero-order valence-corrected chi connectivity index (χ0v) is 12.9. The number of anilines is 1. The fraction of sp³-hybridized carbons (Fsp3) is 0.211. The van der Waals surface area contributed by atoms with Crippen molar-refractivity contribution in [1.29, 1.82) is 0 Å². The van der Waals surface area contributed by atoms with E-state index in [-0.39, 0.29) is 0 Å². The number of aromatic amines is 1. The average molecular weight is 289 g/mol.